The molecule has 7 nitrogen and oxygen atoms in total. The van der Waals surface area contributed by atoms with Gasteiger partial charge in [-0.3, -0.25) is 9.59 Å². The number of rotatable bonds is 5. The van der Waals surface area contributed by atoms with Gasteiger partial charge in [0.15, 0.2) is 0 Å². The highest BCUT2D eigenvalue weighted by molar-refractivity contribution is 5.97. The normalized spacial score (nSPS) is 13.9. The van der Waals surface area contributed by atoms with Crippen LogP contribution < -0.4 is 4.74 Å². The summed E-state index contributed by atoms with van der Waals surface area (Å²) in [4.78, 5) is 29.4. The molecule has 1 aliphatic heterocycles. The van der Waals surface area contributed by atoms with Gasteiger partial charge in [0.2, 0.25) is 5.91 Å². The Hall–Kier alpha value is -3.61. The molecule has 1 saturated heterocycles. The molecule has 0 N–H and O–H groups in total. The first kappa shape index (κ1) is 20.7. The van der Waals surface area contributed by atoms with Crippen molar-refractivity contribution in [2.45, 2.75) is 20.3 Å². The molecular formula is C24H25N3O4. The van der Waals surface area contributed by atoms with E-state index in [1.807, 2.05) is 56.3 Å². The van der Waals surface area contributed by atoms with Crippen molar-refractivity contribution in [1.82, 2.24) is 15.0 Å². The molecular weight excluding hydrogens is 394 g/mol. The molecule has 1 aromatic heterocycles. The maximum Gasteiger partial charge on any atom is 0.257 e. The lowest BCUT2D eigenvalue weighted by atomic mass is 10.1. The van der Waals surface area contributed by atoms with Crippen LogP contribution in [0.4, 0.5) is 0 Å². The van der Waals surface area contributed by atoms with Gasteiger partial charge in [-0.25, -0.2) is 0 Å². The predicted molar refractivity (Wildman–Crippen MR) is 115 cm³/mol. The second kappa shape index (κ2) is 9.04. The first-order valence-corrected chi connectivity index (χ1v) is 10.3. The second-order valence-electron chi connectivity index (χ2n) is 7.56. The highest BCUT2D eigenvalue weighted by Crippen LogP contribution is 2.26. The molecule has 0 bridgehead atoms. The summed E-state index contributed by atoms with van der Waals surface area (Å²) in [5.74, 6) is 1.81. The lowest BCUT2D eigenvalue weighted by molar-refractivity contribution is -0.131. The number of carbonyl (C=O) groups excluding carboxylic acids is 2. The van der Waals surface area contributed by atoms with Gasteiger partial charge in [0.1, 0.15) is 17.3 Å². The van der Waals surface area contributed by atoms with Crippen LogP contribution in [0.1, 0.15) is 27.4 Å². The Morgan fingerprint density at radius 1 is 0.935 bits per heavy atom. The summed E-state index contributed by atoms with van der Waals surface area (Å²) >= 11 is 0. The van der Waals surface area contributed by atoms with Crippen molar-refractivity contribution < 1.29 is 18.8 Å². The van der Waals surface area contributed by atoms with Crippen molar-refractivity contribution in [3.8, 4) is 11.5 Å². The molecule has 31 heavy (non-hydrogen) atoms. The molecule has 1 fully saturated rings. The fraction of sp³-hybridized carbons (Fsp3) is 0.292. The molecule has 0 atom stereocenters. The number of para-hydroxylation sites is 2. The predicted octanol–water partition coefficient (Wildman–Crippen LogP) is 3.61. The van der Waals surface area contributed by atoms with Crippen molar-refractivity contribution in [3.63, 3.8) is 0 Å². The summed E-state index contributed by atoms with van der Waals surface area (Å²) in [5.41, 5.74) is 2.10. The summed E-state index contributed by atoms with van der Waals surface area (Å²) < 4.78 is 11.1. The van der Waals surface area contributed by atoms with Gasteiger partial charge < -0.3 is 19.1 Å². The molecule has 0 aliphatic carbocycles. The Morgan fingerprint density at radius 2 is 1.58 bits per heavy atom. The van der Waals surface area contributed by atoms with Crippen molar-refractivity contribution in [3.05, 3.63) is 77.2 Å². The van der Waals surface area contributed by atoms with Gasteiger partial charge in [0, 0.05) is 31.7 Å². The Labute approximate surface area is 181 Å². The zero-order valence-electron chi connectivity index (χ0n) is 17.7. The van der Waals surface area contributed by atoms with E-state index in [0.717, 1.165) is 11.3 Å². The van der Waals surface area contributed by atoms with E-state index in [2.05, 4.69) is 5.16 Å². The van der Waals surface area contributed by atoms with E-state index in [-0.39, 0.29) is 18.2 Å². The number of amides is 2. The lowest BCUT2D eigenvalue weighted by Crippen LogP contribution is -2.51. The number of piperazine rings is 1. The Kier molecular flexibility index (Phi) is 6.02. The average Bonchev–Trinajstić information content (AvgIpc) is 3.12. The number of hydrogen-bond acceptors (Lipinski definition) is 5. The van der Waals surface area contributed by atoms with E-state index >= 15 is 0 Å². The third-order valence-electron chi connectivity index (χ3n) is 5.52. The number of aromatic nitrogens is 1. The minimum Gasteiger partial charge on any atom is -0.457 e. The molecule has 0 unspecified atom stereocenters. The van der Waals surface area contributed by atoms with Crippen LogP contribution in [0.15, 0.2) is 59.1 Å². The maximum atomic E-state index is 13.2. The smallest absolute Gasteiger partial charge is 0.257 e. The van der Waals surface area contributed by atoms with Crippen molar-refractivity contribution >= 4 is 11.8 Å². The zero-order valence-corrected chi connectivity index (χ0v) is 17.7. The molecule has 0 spiro atoms. The van der Waals surface area contributed by atoms with E-state index in [0.29, 0.717) is 49.0 Å². The van der Waals surface area contributed by atoms with Gasteiger partial charge in [-0.1, -0.05) is 35.5 Å². The Bertz CT molecular complexity index is 1050. The second-order valence-corrected chi connectivity index (χ2v) is 7.56. The summed E-state index contributed by atoms with van der Waals surface area (Å²) in [6, 6.07) is 16.6. The van der Waals surface area contributed by atoms with E-state index in [1.54, 1.807) is 21.9 Å². The summed E-state index contributed by atoms with van der Waals surface area (Å²) in [5, 5.41) is 3.91. The topological polar surface area (TPSA) is 75.9 Å². The monoisotopic (exact) mass is 419 g/mol. The molecule has 4 rings (SSSR count). The maximum absolute atomic E-state index is 13.2. The molecule has 2 heterocycles. The van der Waals surface area contributed by atoms with Gasteiger partial charge in [0.05, 0.1) is 17.7 Å². The molecule has 160 valence electrons. The summed E-state index contributed by atoms with van der Waals surface area (Å²) in [6.45, 7) is 5.60. The third-order valence-corrected chi connectivity index (χ3v) is 5.52. The van der Waals surface area contributed by atoms with E-state index in [9.17, 15) is 9.59 Å². The number of carbonyl (C=O) groups is 2. The van der Waals surface area contributed by atoms with Crippen molar-refractivity contribution in [2.75, 3.05) is 26.2 Å². The largest absolute Gasteiger partial charge is 0.457 e. The molecule has 0 saturated carbocycles. The van der Waals surface area contributed by atoms with Crippen LogP contribution in [0, 0.1) is 13.8 Å². The van der Waals surface area contributed by atoms with Gasteiger partial charge in [-0.05, 0) is 38.1 Å². The molecule has 1 aliphatic rings. The van der Waals surface area contributed by atoms with Crippen LogP contribution in [0.25, 0.3) is 0 Å². The van der Waals surface area contributed by atoms with Crippen molar-refractivity contribution in [2.24, 2.45) is 0 Å². The van der Waals surface area contributed by atoms with Crippen LogP contribution in [0.3, 0.4) is 0 Å². The SMILES string of the molecule is Cc1noc(C)c1CC(=O)N1CCN(C(=O)c2ccccc2Oc2ccccc2)CC1. The summed E-state index contributed by atoms with van der Waals surface area (Å²) in [6.07, 6.45) is 0.267. The highest BCUT2D eigenvalue weighted by Gasteiger charge is 2.27. The lowest BCUT2D eigenvalue weighted by Gasteiger charge is -2.35. The minimum absolute atomic E-state index is 0.0225. The Morgan fingerprint density at radius 3 is 2.26 bits per heavy atom. The quantitative estimate of drug-likeness (QED) is 0.632. The van der Waals surface area contributed by atoms with Gasteiger partial charge in [-0.15, -0.1) is 0 Å². The first-order chi connectivity index (χ1) is 15.0. The Balaban J connectivity index is 1.39. The van der Waals surface area contributed by atoms with E-state index < -0.39 is 0 Å². The fourth-order valence-corrected chi connectivity index (χ4v) is 3.69. The van der Waals surface area contributed by atoms with Crippen molar-refractivity contribution in [1.29, 1.82) is 0 Å². The van der Waals surface area contributed by atoms with E-state index in [4.69, 9.17) is 9.26 Å². The van der Waals surface area contributed by atoms with Gasteiger partial charge >= 0.3 is 0 Å². The highest BCUT2D eigenvalue weighted by atomic mass is 16.5. The van der Waals surface area contributed by atoms with Gasteiger partial charge in [0.25, 0.3) is 5.91 Å². The summed E-state index contributed by atoms with van der Waals surface area (Å²) in [7, 11) is 0. The van der Waals surface area contributed by atoms with Crippen LogP contribution >= 0.6 is 0 Å². The number of aryl methyl sites for hydroxylation is 2. The molecule has 3 aromatic rings. The fourth-order valence-electron chi connectivity index (χ4n) is 3.69. The minimum atomic E-state index is -0.0932. The van der Waals surface area contributed by atoms with Gasteiger partial charge in [-0.2, -0.15) is 0 Å². The third kappa shape index (κ3) is 4.60. The average molecular weight is 419 g/mol. The zero-order chi connectivity index (χ0) is 21.8. The standard InChI is InChI=1S/C24H25N3O4/c1-17-21(18(2)31-25-17)16-23(28)26-12-14-27(15-13-26)24(29)20-10-6-7-11-22(20)30-19-8-4-3-5-9-19/h3-11H,12-16H2,1-2H3. The number of ether oxygens (including phenoxy) is 1. The molecule has 2 amide bonds. The van der Waals surface area contributed by atoms with Crippen LogP contribution in [-0.4, -0.2) is 52.9 Å². The molecule has 7 heteroatoms. The van der Waals surface area contributed by atoms with E-state index in [1.165, 1.54) is 0 Å². The number of hydrogen-bond donors (Lipinski definition) is 0. The number of nitrogens with zero attached hydrogens (tertiary/aromatic N) is 3. The first-order valence-electron chi connectivity index (χ1n) is 10.3. The number of benzene rings is 2. The molecule has 0 radical (unpaired) electrons. The molecule has 2 aromatic carbocycles. The van der Waals surface area contributed by atoms with Crippen LogP contribution in [0.2, 0.25) is 0 Å². The van der Waals surface area contributed by atoms with Crippen LogP contribution in [-0.2, 0) is 11.2 Å². The van der Waals surface area contributed by atoms with Crippen LogP contribution in [0.5, 0.6) is 11.5 Å².